The Bertz CT molecular complexity index is 637. The van der Waals surface area contributed by atoms with Gasteiger partial charge in [-0.05, 0) is 149 Å². The summed E-state index contributed by atoms with van der Waals surface area (Å²) in [7, 11) is 0. The Morgan fingerprint density at radius 1 is 0.433 bits per heavy atom. The molecule has 0 atom stereocenters. The van der Waals surface area contributed by atoms with Crippen LogP contribution in [0.25, 0.3) is 0 Å². The fraction of sp³-hybridized carbons (Fsp3) is 0.500. The lowest BCUT2D eigenvalue weighted by atomic mass is 10.3. The topological polar surface area (TPSA) is 0 Å². The van der Waals surface area contributed by atoms with E-state index in [1.807, 2.05) is 110 Å². The second-order valence-electron chi connectivity index (χ2n) is 8.04. The number of allylic oxidation sites excluding steroid dienone is 5. The van der Waals surface area contributed by atoms with Crippen LogP contribution in [0.2, 0.25) is 0 Å². The van der Waals surface area contributed by atoms with Crippen molar-refractivity contribution in [3.63, 3.8) is 0 Å². The zero-order valence-electron chi connectivity index (χ0n) is 23.0. The molecule has 0 heteroatoms. The molecule has 0 aliphatic rings. The molecular weight excluding hydrogens is 360 g/mol. The third-order valence-corrected chi connectivity index (χ3v) is 2.14. The van der Waals surface area contributed by atoms with Crippen molar-refractivity contribution in [1.82, 2.24) is 0 Å². The van der Waals surface area contributed by atoms with E-state index >= 15 is 0 Å². The predicted octanol–water partition coefficient (Wildman–Crippen LogP) is 10.6. The molecule has 0 fully saturated rings. The minimum atomic E-state index is 1.14. The maximum absolute atomic E-state index is 3.40. The van der Waals surface area contributed by atoms with E-state index in [0.29, 0.717) is 0 Å². The molecule has 0 unspecified atom stereocenters. The molecule has 0 aliphatic heterocycles. The van der Waals surface area contributed by atoms with Gasteiger partial charge in [-0.25, -0.2) is 0 Å². The average Bonchev–Trinajstić information content (AvgIpc) is 2.54. The molecule has 30 heavy (non-hydrogen) atoms. The highest BCUT2D eigenvalue weighted by atomic mass is 13.8. The largest absolute Gasteiger partial charge is 0.130 e. The molecule has 0 bridgehead atoms. The Morgan fingerprint density at radius 2 is 0.633 bits per heavy atom. The molecule has 0 saturated carbocycles. The van der Waals surface area contributed by atoms with Crippen LogP contribution in [0.3, 0.4) is 0 Å². The standard InChI is InChI=1S/2C7H12.C6H10.2C5H8/c2*1-6(2)5-7(3)4;1-4-5-6(2)3;2*1-4-5(2)3/h2*1-4H3;4H,1-3H3;2*1H2,2-3H3. The van der Waals surface area contributed by atoms with E-state index in [0.717, 1.165) is 11.1 Å². The summed E-state index contributed by atoms with van der Waals surface area (Å²) in [6.45, 7) is 37.1. The predicted molar refractivity (Wildman–Crippen MR) is 143 cm³/mol. The van der Waals surface area contributed by atoms with Gasteiger partial charge in [-0.3, -0.25) is 0 Å². The van der Waals surface area contributed by atoms with Gasteiger partial charge in [-0.2, -0.15) is 0 Å². The molecule has 0 spiro atoms. The van der Waals surface area contributed by atoms with Crippen molar-refractivity contribution in [2.24, 2.45) is 0 Å². The van der Waals surface area contributed by atoms with Crippen LogP contribution in [0.5, 0.6) is 0 Å². The van der Waals surface area contributed by atoms with Gasteiger partial charge in [0.05, 0.1) is 0 Å². The van der Waals surface area contributed by atoms with Crippen LogP contribution >= 0.6 is 0 Å². The van der Waals surface area contributed by atoms with Gasteiger partial charge in [-0.15, -0.1) is 28.7 Å². The number of hydrogen-bond donors (Lipinski definition) is 0. The van der Waals surface area contributed by atoms with Crippen molar-refractivity contribution in [3.05, 3.63) is 86.9 Å². The summed E-state index contributed by atoms with van der Waals surface area (Å²) in [5.74, 6) is 0. The van der Waals surface area contributed by atoms with Crippen molar-refractivity contribution < 1.29 is 0 Å². The van der Waals surface area contributed by atoms with E-state index in [4.69, 9.17) is 0 Å². The van der Waals surface area contributed by atoms with E-state index in [9.17, 15) is 0 Å². The molecule has 0 aromatic heterocycles. The molecule has 0 saturated heterocycles. The summed E-state index contributed by atoms with van der Waals surface area (Å²) in [5.41, 5.74) is 23.2. The van der Waals surface area contributed by atoms with Crippen LogP contribution in [0, 0.1) is 0 Å². The van der Waals surface area contributed by atoms with Gasteiger partial charge in [0.1, 0.15) is 0 Å². The van der Waals surface area contributed by atoms with Crippen LogP contribution in [-0.4, -0.2) is 0 Å². The van der Waals surface area contributed by atoms with E-state index < -0.39 is 0 Å². The fourth-order valence-corrected chi connectivity index (χ4v) is 1.29. The summed E-state index contributed by atoms with van der Waals surface area (Å²) in [4.78, 5) is 0. The molecule has 0 N–H and O–H groups in total. The van der Waals surface area contributed by atoms with E-state index in [2.05, 4.69) is 41.8 Å². The molecular formula is C30H50. The summed E-state index contributed by atoms with van der Waals surface area (Å²) in [6, 6.07) is 0. The zero-order chi connectivity index (χ0) is 25.3. The Kier molecular flexibility index (Phi) is 36.7. The van der Waals surface area contributed by atoms with Crippen LogP contribution in [-0.2, 0) is 0 Å². The first-order chi connectivity index (χ1) is 13.6. The van der Waals surface area contributed by atoms with Crippen molar-refractivity contribution >= 4 is 0 Å². The summed E-state index contributed by atoms with van der Waals surface area (Å²) >= 11 is 0. The normalized spacial score (nSPS) is 6.77. The van der Waals surface area contributed by atoms with Crippen molar-refractivity contribution in [1.29, 1.82) is 0 Å². The Hall–Kier alpha value is -2.40. The molecule has 0 aromatic carbocycles. The van der Waals surface area contributed by atoms with Gasteiger partial charge in [0, 0.05) is 0 Å². The third kappa shape index (κ3) is 97.6. The lowest BCUT2D eigenvalue weighted by molar-refractivity contribution is 1.34. The van der Waals surface area contributed by atoms with Crippen LogP contribution in [0.4, 0.5) is 0 Å². The summed E-state index contributed by atoms with van der Waals surface area (Å²) in [6.07, 6.45) is 1.91. The summed E-state index contributed by atoms with van der Waals surface area (Å²) < 4.78 is 0. The summed E-state index contributed by atoms with van der Waals surface area (Å²) in [5, 5.41) is 0. The molecule has 0 rings (SSSR count). The third-order valence-electron chi connectivity index (χ3n) is 2.14. The molecule has 0 heterocycles. The maximum atomic E-state index is 3.40. The van der Waals surface area contributed by atoms with E-state index in [1.165, 1.54) is 27.9 Å². The zero-order valence-corrected chi connectivity index (χ0v) is 23.0. The minimum absolute atomic E-state index is 1.14. The van der Waals surface area contributed by atoms with Crippen molar-refractivity contribution in [2.75, 3.05) is 0 Å². The first-order valence-electron chi connectivity index (χ1n) is 10.3. The monoisotopic (exact) mass is 410 g/mol. The van der Waals surface area contributed by atoms with Gasteiger partial charge < -0.3 is 0 Å². The van der Waals surface area contributed by atoms with Gasteiger partial charge in [0.25, 0.3) is 0 Å². The highest BCUT2D eigenvalue weighted by molar-refractivity contribution is 5.00. The van der Waals surface area contributed by atoms with Crippen LogP contribution in [0.15, 0.2) is 86.9 Å². The molecule has 0 radical (unpaired) electrons. The second-order valence-corrected chi connectivity index (χ2v) is 8.04. The van der Waals surface area contributed by atoms with E-state index in [-0.39, 0.29) is 0 Å². The Labute approximate surface area is 190 Å². The smallest absolute Gasteiger partial charge is 0.0346 e. The molecule has 0 aliphatic carbocycles. The van der Waals surface area contributed by atoms with Gasteiger partial charge in [0.2, 0.25) is 0 Å². The lowest BCUT2D eigenvalue weighted by Crippen LogP contribution is -1.58. The average molecular weight is 411 g/mol. The molecule has 170 valence electrons. The Morgan fingerprint density at radius 3 is 0.633 bits per heavy atom. The minimum Gasteiger partial charge on any atom is -0.130 e. The number of rotatable bonds is 0. The Balaban J connectivity index is -0.0000000875. The quantitative estimate of drug-likeness (QED) is 0.348. The van der Waals surface area contributed by atoms with Crippen LogP contribution < -0.4 is 0 Å². The molecule has 0 nitrogen and oxygen atoms in total. The molecule has 0 aromatic rings. The van der Waals surface area contributed by atoms with Gasteiger partial charge in [0.15, 0.2) is 0 Å². The van der Waals surface area contributed by atoms with Crippen LogP contribution in [0.1, 0.15) is 104 Å². The van der Waals surface area contributed by atoms with E-state index in [1.54, 1.807) is 0 Å². The first kappa shape index (κ1) is 38.2. The SMILES string of the molecule is C=C=C(C)C.C=C=C(C)C.CC(C)=C=C(C)C.CC(C)=C=C(C)C.CC=C=C(C)C. The highest BCUT2D eigenvalue weighted by Gasteiger charge is 1.69. The molecule has 0 amide bonds. The van der Waals surface area contributed by atoms with Gasteiger partial charge in [-0.1, -0.05) is 13.2 Å². The highest BCUT2D eigenvalue weighted by Crippen LogP contribution is 1.90. The van der Waals surface area contributed by atoms with Crippen molar-refractivity contribution in [3.8, 4) is 0 Å². The lowest BCUT2D eigenvalue weighted by Gasteiger charge is -1.78. The number of hydrogen-bond acceptors (Lipinski definition) is 0. The van der Waals surface area contributed by atoms with Gasteiger partial charge >= 0.3 is 0 Å². The fourth-order valence-electron chi connectivity index (χ4n) is 1.29. The second kappa shape index (κ2) is 28.8. The maximum Gasteiger partial charge on any atom is -0.0346 e. The first-order valence-corrected chi connectivity index (χ1v) is 10.3. The van der Waals surface area contributed by atoms with Crippen molar-refractivity contribution in [2.45, 2.75) is 104 Å².